The number of benzene rings is 1. The monoisotopic (exact) mass is 304 g/mol. The Morgan fingerprint density at radius 3 is 2.00 bits per heavy atom. The highest BCUT2D eigenvalue weighted by Gasteiger charge is 2.51. The summed E-state index contributed by atoms with van der Waals surface area (Å²) in [5.41, 5.74) is 0.909. The van der Waals surface area contributed by atoms with Crippen LogP contribution in [0.2, 0.25) is 5.02 Å². The van der Waals surface area contributed by atoms with Crippen LogP contribution in [0, 0.1) is 0 Å². The Labute approximate surface area is 132 Å². The highest BCUT2D eigenvalue weighted by Crippen LogP contribution is 2.50. The summed E-state index contributed by atoms with van der Waals surface area (Å²) < 4.78 is 12.0. The van der Waals surface area contributed by atoms with Crippen LogP contribution in [0.3, 0.4) is 0 Å². The minimum atomic E-state index is -0.279. The first-order valence-corrected chi connectivity index (χ1v) is 7.93. The van der Waals surface area contributed by atoms with E-state index in [-0.39, 0.29) is 23.7 Å². The highest BCUT2D eigenvalue weighted by atomic mass is 35.5. The molecular formula is C17H22BClO2. The van der Waals surface area contributed by atoms with Gasteiger partial charge in [-0.15, -0.1) is 0 Å². The Morgan fingerprint density at radius 1 is 1.00 bits per heavy atom. The molecule has 1 aromatic rings. The summed E-state index contributed by atoms with van der Waals surface area (Å²) in [5, 5.41) is 0.782. The molecule has 0 bridgehead atoms. The van der Waals surface area contributed by atoms with Crippen LogP contribution in [-0.2, 0) is 14.7 Å². The molecule has 0 unspecified atom stereocenters. The standard InChI is InChI=1S/C17H22BClO2/c1-15(2)16(3,4)21-18(20-15)12-11-17(9-10-17)13-5-7-14(19)8-6-13/h5-8,11-12H,9-10H2,1-4H3/b12-11+. The van der Waals surface area contributed by atoms with Crippen LogP contribution in [0.1, 0.15) is 46.1 Å². The highest BCUT2D eigenvalue weighted by molar-refractivity contribution is 6.51. The SMILES string of the molecule is CC1(C)OB(/C=C/C2(c3ccc(Cl)cc3)CC2)OC1(C)C. The molecule has 4 heteroatoms. The van der Waals surface area contributed by atoms with E-state index >= 15 is 0 Å². The van der Waals surface area contributed by atoms with Crippen molar-refractivity contribution in [3.05, 3.63) is 46.9 Å². The average Bonchev–Trinajstić information content (AvgIpc) is 3.13. The second-order valence-electron chi connectivity index (χ2n) is 7.15. The van der Waals surface area contributed by atoms with Gasteiger partial charge in [-0.25, -0.2) is 0 Å². The molecule has 0 atom stereocenters. The Balaban J connectivity index is 1.74. The van der Waals surface area contributed by atoms with Crippen molar-refractivity contribution in [3.8, 4) is 0 Å². The molecule has 0 aromatic heterocycles. The van der Waals surface area contributed by atoms with Crippen molar-refractivity contribution in [1.29, 1.82) is 0 Å². The molecule has 112 valence electrons. The molecule has 1 saturated carbocycles. The van der Waals surface area contributed by atoms with E-state index < -0.39 is 0 Å². The smallest absolute Gasteiger partial charge is 0.400 e. The molecule has 2 aliphatic rings. The molecule has 0 spiro atoms. The second-order valence-corrected chi connectivity index (χ2v) is 7.58. The largest absolute Gasteiger partial charge is 0.486 e. The van der Waals surface area contributed by atoms with E-state index in [2.05, 4.69) is 51.9 Å². The third-order valence-electron chi connectivity index (χ3n) is 5.05. The van der Waals surface area contributed by atoms with E-state index in [1.54, 1.807) is 0 Å². The molecule has 1 saturated heterocycles. The van der Waals surface area contributed by atoms with Crippen LogP contribution in [0.25, 0.3) is 0 Å². The van der Waals surface area contributed by atoms with Crippen molar-refractivity contribution in [2.75, 3.05) is 0 Å². The summed E-state index contributed by atoms with van der Waals surface area (Å²) in [4.78, 5) is 0. The van der Waals surface area contributed by atoms with Gasteiger partial charge in [-0.3, -0.25) is 0 Å². The first-order valence-electron chi connectivity index (χ1n) is 7.55. The van der Waals surface area contributed by atoms with Gasteiger partial charge in [-0.1, -0.05) is 35.8 Å². The zero-order chi connectivity index (χ0) is 15.3. The lowest BCUT2D eigenvalue weighted by Crippen LogP contribution is -2.41. The summed E-state index contributed by atoms with van der Waals surface area (Å²) in [7, 11) is -0.264. The second kappa shape index (κ2) is 4.87. The normalized spacial score (nSPS) is 25.5. The van der Waals surface area contributed by atoms with Gasteiger partial charge >= 0.3 is 7.12 Å². The van der Waals surface area contributed by atoms with Gasteiger partial charge < -0.3 is 9.31 Å². The number of rotatable bonds is 3. The topological polar surface area (TPSA) is 18.5 Å². The number of hydrogen-bond acceptors (Lipinski definition) is 2. The zero-order valence-electron chi connectivity index (χ0n) is 13.2. The summed E-state index contributed by atoms with van der Waals surface area (Å²) in [6, 6.07) is 8.15. The van der Waals surface area contributed by atoms with Crippen molar-refractivity contribution >= 4 is 18.7 Å². The van der Waals surface area contributed by atoms with Gasteiger partial charge in [0.15, 0.2) is 0 Å². The van der Waals surface area contributed by atoms with Gasteiger partial charge in [0.05, 0.1) is 11.2 Å². The van der Waals surface area contributed by atoms with Crippen molar-refractivity contribution in [3.63, 3.8) is 0 Å². The van der Waals surface area contributed by atoms with Crippen LogP contribution >= 0.6 is 11.6 Å². The van der Waals surface area contributed by atoms with Crippen molar-refractivity contribution < 1.29 is 9.31 Å². The summed E-state index contributed by atoms with van der Waals surface area (Å²) in [6.45, 7) is 8.31. The maximum absolute atomic E-state index is 6.01. The lowest BCUT2D eigenvalue weighted by atomic mass is 9.85. The summed E-state index contributed by atoms with van der Waals surface area (Å²) in [5.74, 6) is 2.07. The zero-order valence-corrected chi connectivity index (χ0v) is 13.9. The Bertz CT molecular complexity index is 543. The first-order chi connectivity index (χ1) is 9.74. The molecule has 2 fully saturated rings. The van der Waals surface area contributed by atoms with E-state index in [4.69, 9.17) is 20.9 Å². The molecule has 3 rings (SSSR count). The third-order valence-corrected chi connectivity index (χ3v) is 5.30. The minimum absolute atomic E-state index is 0.147. The predicted molar refractivity (Wildman–Crippen MR) is 87.6 cm³/mol. The van der Waals surface area contributed by atoms with E-state index in [9.17, 15) is 0 Å². The molecule has 1 aliphatic carbocycles. The molecule has 2 nitrogen and oxygen atoms in total. The quantitative estimate of drug-likeness (QED) is 0.762. The minimum Gasteiger partial charge on any atom is -0.400 e. The Hall–Kier alpha value is -0.765. The van der Waals surface area contributed by atoms with E-state index in [0.717, 1.165) is 5.02 Å². The fourth-order valence-corrected chi connectivity index (χ4v) is 2.82. The van der Waals surface area contributed by atoms with Gasteiger partial charge in [0.1, 0.15) is 0 Å². The van der Waals surface area contributed by atoms with Crippen LogP contribution in [-0.4, -0.2) is 18.3 Å². The average molecular weight is 305 g/mol. The van der Waals surface area contributed by atoms with Crippen molar-refractivity contribution in [2.24, 2.45) is 0 Å². The lowest BCUT2D eigenvalue weighted by Gasteiger charge is -2.32. The molecule has 1 aliphatic heterocycles. The number of halogens is 1. The Morgan fingerprint density at radius 2 is 1.52 bits per heavy atom. The van der Waals surface area contributed by atoms with Gasteiger partial charge in [-0.05, 0) is 58.2 Å². The lowest BCUT2D eigenvalue weighted by molar-refractivity contribution is 0.00578. The van der Waals surface area contributed by atoms with E-state index in [0.29, 0.717) is 0 Å². The molecule has 0 amide bonds. The third kappa shape index (κ3) is 2.79. The maximum atomic E-state index is 6.01. The van der Waals surface area contributed by atoms with Gasteiger partial charge in [0, 0.05) is 10.4 Å². The van der Waals surface area contributed by atoms with Crippen LogP contribution in [0.15, 0.2) is 36.3 Å². The first kappa shape index (κ1) is 15.1. The molecular weight excluding hydrogens is 282 g/mol. The van der Waals surface area contributed by atoms with Crippen molar-refractivity contribution in [2.45, 2.75) is 57.2 Å². The summed E-state index contributed by atoms with van der Waals surface area (Å²) in [6.07, 6.45) is 4.59. The van der Waals surface area contributed by atoms with Crippen LogP contribution < -0.4 is 0 Å². The molecule has 1 aromatic carbocycles. The van der Waals surface area contributed by atoms with E-state index in [1.807, 2.05) is 12.1 Å². The van der Waals surface area contributed by atoms with Gasteiger partial charge in [0.2, 0.25) is 0 Å². The summed E-state index contributed by atoms with van der Waals surface area (Å²) >= 11 is 5.97. The Kier molecular flexibility index (Phi) is 3.51. The molecule has 0 radical (unpaired) electrons. The van der Waals surface area contributed by atoms with Crippen LogP contribution in [0.4, 0.5) is 0 Å². The fourth-order valence-electron chi connectivity index (χ4n) is 2.70. The van der Waals surface area contributed by atoms with Crippen molar-refractivity contribution in [1.82, 2.24) is 0 Å². The molecule has 1 heterocycles. The van der Waals surface area contributed by atoms with Gasteiger partial charge in [0.25, 0.3) is 0 Å². The maximum Gasteiger partial charge on any atom is 0.486 e. The van der Waals surface area contributed by atoms with Crippen LogP contribution in [0.5, 0.6) is 0 Å². The predicted octanol–water partition coefficient (Wildman–Crippen LogP) is 4.56. The van der Waals surface area contributed by atoms with Gasteiger partial charge in [-0.2, -0.15) is 0 Å². The fraction of sp³-hybridized carbons (Fsp3) is 0.529. The molecule has 21 heavy (non-hydrogen) atoms. The van der Waals surface area contributed by atoms with E-state index in [1.165, 1.54) is 18.4 Å². The number of hydrogen-bond donors (Lipinski definition) is 0. The number of allylic oxidation sites excluding steroid dienone is 1. The molecule has 0 N–H and O–H groups in total.